The predicted octanol–water partition coefficient (Wildman–Crippen LogP) is 3.46. The van der Waals surface area contributed by atoms with Crippen LogP contribution in [-0.4, -0.2) is 26.0 Å². The zero-order valence-corrected chi connectivity index (χ0v) is 24.6. The fraction of sp³-hybridized carbons (Fsp3) is 0.0800. The first-order valence-electron chi connectivity index (χ1n) is 10.6. The van der Waals surface area contributed by atoms with Gasteiger partial charge in [0.1, 0.15) is 16.3 Å². The van der Waals surface area contributed by atoms with Gasteiger partial charge in [-0.25, -0.2) is 0 Å². The molecule has 0 bridgehead atoms. The number of carbonyl (C=O) groups excluding carboxylic acids is 1. The SMILES string of the molecule is COc1ccc(NC(=O)c2cc3ccccc3c(N=Nc3cc(Cl)c(C)cc3S(=O)(=O)O)c2[O-])cc1Cl.[Na+]. The maximum atomic E-state index is 13.4. The van der Waals surface area contributed by atoms with E-state index in [0.29, 0.717) is 27.8 Å². The second-order valence-corrected chi connectivity index (χ2v) is 10.1. The number of halogens is 2. The number of rotatable bonds is 6. The molecule has 2 N–H and O–H groups in total. The molecule has 1 amide bonds. The Morgan fingerprint density at radius 2 is 1.74 bits per heavy atom. The summed E-state index contributed by atoms with van der Waals surface area (Å²) in [6, 6.07) is 15.1. The van der Waals surface area contributed by atoms with E-state index in [9.17, 15) is 22.9 Å². The van der Waals surface area contributed by atoms with Crippen LogP contribution in [-0.2, 0) is 10.1 Å². The Morgan fingerprint density at radius 3 is 2.39 bits per heavy atom. The van der Waals surface area contributed by atoms with Crippen molar-refractivity contribution in [1.82, 2.24) is 0 Å². The molecule has 13 heteroatoms. The maximum absolute atomic E-state index is 13.4. The maximum Gasteiger partial charge on any atom is 1.00 e. The van der Waals surface area contributed by atoms with Crippen molar-refractivity contribution in [3.63, 3.8) is 0 Å². The van der Waals surface area contributed by atoms with Crippen LogP contribution in [0.15, 0.2) is 75.8 Å². The van der Waals surface area contributed by atoms with Crippen molar-refractivity contribution in [2.75, 3.05) is 12.4 Å². The van der Waals surface area contributed by atoms with Crippen LogP contribution in [0.3, 0.4) is 0 Å². The molecular formula is C25H18Cl2N3NaO6S. The number of nitrogens with one attached hydrogen (secondary N) is 1. The van der Waals surface area contributed by atoms with Crippen LogP contribution in [0.25, 0.3) is 10.8 Å². The number of amides is 1. The van der Waals surface area contributed by atoms with Gasteiger partial charge in [0.2, 0.25) is 0 Å². The molecular weight excluding hydrogens is 564 g/mol. The average molecular weight is 582 g/mol. The Bertz CT molecular complexity index is 1700. The molecule has 0 atom stereocenters. The molecule has 4 aromatic carbocycles. The number of azo groups is 1. The molecule has 9 nitrogen and oxygen atoms in total. The number of carbonyl (C=O) groups is 1. The Balaban J connectivity index is 0.00000400. The van der Waals surface area contributed by atoms with Gasteiger partial charge in [0, 0.05) is 21.7 Å². The van der Waals surface area contributed by atoms with Gasteiger partial charge in [-0.1, -0.05) is 53.2 Å². The van der Waals surface area contributed by atoms with Gasteiger partial charge >= 0.3 is 29.6 Å². The van der Waals surface area contributed by atoms with Crippen molar-refractivity contribution in [2.45, 2.75) is 11.8 Å². The molecule has 0 aliphatic heterocycles. The summed E-state index contributed by atoms with van der Waals surface area (Å²) in [5.41, 5.74) is 0.0222. The van der Waals surface area contributed by atoms with Crippen molar-refractivity contribution in [2.24, 2.45) is 10.2 Å². The Labute approximate surface area is 250 Å². The van der Waals surface area contributed by atoms with Gasteiger partial charge in [0.25, 0.3) is 16.0 Å². The summed E-state index contributed by atoms with van der Waals surface area (Å²) in [5, 5.41) is 25.2. The van der Waals surface area contributed by atoms with E-state index >= 15 is 0 Å². The van der Waals surface area contributed by atoms with E-state index < -0.39 is 26.7 Å². The number of methoxy groups -OCH3 is 1. The van der Waals surface area contributed by atoms with Crippen LogP contribution in [0.1, 0.15) is 15.9 Å². The van der Waals surface area contributed by atoms with E-state index in [-0.39, 0.29) is 56.5 Å². The Morgan fingerprint density at radius 1 is 1.03 bits per heavy atom. The first-order valence-corrected chi connectivity index (χ1v) is 12.8. The van der Waals surface area contributed by atoms with Crippen LogP contribution >= 0.6 is 23.2 Å². The Hall–Kier alpha value is -2.70. The largest absolute Gasteiger partial charge is 1.00 e. The number of fused-ring (bicyclic) bond motifs is 1. The van der Waals surface area contributed by atoms with Gasteiger partial charge in [-0.05, 0) is 54.3 Å². The number of aryl methyl sites for hydroxylation is 1. The van der Waals surface area contributed by atoms with Crippen molar-refractivity contribution >= 4 is 67.1 Å². The van der Waals surface area contributed by atoms with Crippen molar-refractivity contribution in [3.8, 4) is 11.5 Å². The summed E-state index contributed by atoms with van der Waals surface area (Å²) in [4.78, 5) is 12.5. The van der Waals surface area contributed by atoms with E-state index in [2.05, 4.69) is 15.5 Å². The summed E-state index contributed by atoms with van der Waals surface area (Å²) in [6.07, 6.45) is 0. The van der Waals surface area contributed by atoms with Crippen molar-refractivity contribution in [3.05, 3.63) is 81.8 Å². The summed E-state index contributed by atoms with van der Waals surface area (Å²) in [7, 11) is -3.21. The third kappa shape index (κ3) is 6.29. The van der Waals surface area contributed by atoms with Crippen LogP contribution in [0, 0.1) is 6.92 Å². The molecule has 0 unspecified atom stereocenters. The molecule has 38 heavy (non-hydrogen) atoms. The second-order valence-electron chi connectivity index (χ2n) is 7.87. The first-order chi connectivity index (χ1) is 17.5. The van der Waals surface area contributed by atoms with E-state index in [4.69, 9.17) is 27.9 Å². The van der Waals surface area contributed by atoms with Crippen molar-refractivity contribution in [1.29, 1.82) is 0 Å². The summed E-state index contributed by atoms with van der Waals surface area (Å²) >= 11 is 12.2. The molecule has 0 saturated carbocycles. The van der Waals surface area contributed by atoms with Crippen LogP contribution in [0.2, 0.25) is 10.0 Å². The standard InChI is InChI=1S/C25H19Cl2N3O6S.Na/c1-13-9-22(37(33,34)35)20(12-18(13)26)29-30-23-16-6-4-3-5-14(16)10-17(24(23)31)25(32)28-15-7-8-21(36-2)19(27)11-15;/h3-12,31H,1-2H3,(H,28,32)(H,33,34,35);/q;+1/p-1. The second kappa shape index (κ2) is 12.0. The molecule has 0 aromatic heterocycles. The van der Waals surface area contributed by atoms with Gasteiger partial charge in [0.05, 0.1) is 17.8 Å². The molecule has 0 radical (unpaired) electrons. The smallest absolute Gasteiger partial charge is 0.870 e. The topological polar surface area (TPSA) is 140 Å². The minimum Gasteiger partial charge on any atom is -0.870 e. The molecule has 0 saturated heterocycles. The fourth-order valence-electron chi connectivity index (χ4n) is 3.55. The van der Waals surface area contributed by atoms with Crippen molar-refractivity contribution < 1.29 is 57.2 Å². The van der Waals surface area contributed by atoms with Gasteiger partial charge in [0.15, 0.2) is 0 Å². The van der Waals surface area contributed by atoms with Gasteiger partial charge in [-0.15, -0.1) is 5.11 Å². The number of nitrogens with zero attached hydrogens (tertiary/aromatic N) is 2. The minimum atomic E-state index is -4.67. The number of anilines is 1. The molecule has 4 rings (SSSR count). The zero-order chi connectivity index (χ0) is 26.9. The monoisotopic (exact) mass is 581 g/mol. The summed E-state index contributed by atoms with van der Waals surface area (Å²) in [6.45, 7) is 1.55. The van der Waals surface area contributed by atoms with Gasteiger partial charge in [-0.3, -0.25) is 9.35 Å². The minimum absolute atomic E-state index is 0. The Kier molecular flexibility index (Phi) is 9.43. The number of ether oxygens (including phenoxy) is 1. The molecule has 0 aliphatic carbocycles. The molecule has 0 aliphatic rings. The average Bonchev–Trinajstić information content (AvgIpc) is 2.84. The van der Waals surface area contributed by atoms with Crippen LogP contribution in [0.5, 0.6) is 11.5 Å². The predicted molar refractivity (Wildman–Crippen MR) is 140 cm³/mol. The van der Waals surface area contributed by atoms with E-state index in [1.165, 1.54) is 25.3 Å². The number of hydrogen-bond acceptors (Lipinski definition) is 7. The third-order valence-corrected chi connectivity index (χ3v) is 6.99. The number of hydrogen-bond donors (Lipinski definition) is 2. The molecule has 4 aromatic rings. The van der Waals surface area contributed by atoms with Crippen LogP contribution in [0.4, 0.5) is 17.1 Å². The normalized spacial score (nSPS) is 11.4. The molecule has 0 heterocycles. The van der Waals surface area contributed by atoms with E-state index in [1.807, 2.05) is 0 Å². The van der Waals surface area contributed by atoms with Gasteiger partial charge in [-0.2, -0.15) is 13.5 Å². The molecule has 0 spiro atoms. The summed E-state index contributed by atoms with van der Waals surface area (Å²) in [5.74, 6) is -1.05. The van der Waals surface area contributed by atoms with E-state index in [0.717, 1.165) is 6.07 Å². The quantitative estimate of drug-likeness (QED) is 0.203. The fourth-order valence-corrected chi connectivity index (χ4v) is 4.66. The van der Waals surface area contributed by atoms with E-state index in [1.54, 1.807) is 43.3 Å². The zero-order valence-electron chi connectivity index (χ0n) is 20.3. The molecule has 0 fully saturated rings. The number of benzene rings is 4. The first kappa shape index (κ1) is 29.9. The van der Waals surface area contributed by atoms with Gasteiger partial charge < -0.3 is 15.2 Å². The van der Waals surface area contributed by atoms with Crippen LogP contribution < -0.4 is 44.7 Å². The third-order valence-electron chi connectivity index (χ3n) is 5.41. The molecule has 190 valence electrons. The summed E-state index contributed by atoms with van der Waals surface area (Å²) < 4.78 is 38.5.